The van der Waals surface area contributed by atoms with Crippen LogP contribution in [0.25, 0.3) is 0 Å². The Morgan fingerprint density at radius 2 is 1.83 bits per heavy atom. The predicted octanol–water partition coefficient (Wildman–Crippen LogP) is 3.45. The molecule has 1 aliphatic heterocycles. The van der Waals surface area contributed by atoms with Gasteiger partial charge in [0.05, 0.1) is 7.11 Å². The van der Waals surface area contributed by atoms with E-state index < -0.39 is 40.8 Å². The van der Waals surface area contributed by atoms with Gasteiger partial charge in [-0.05, 0) is 24.6 Å². The molecule has 1 aliphatic rings. The van der Waals surface area contributed by atoms with Crippen molar-refractivity contribution >= 4 is 52.8 Å². The van der Waals surface area contributed by atoms with Crippen molar-refractivity contribution in [1.29, 1.82) is 0 Å². The van der Waals surface area contributed by atoms with E-state index in [0.717, 1.165) is 5.56 Å². The number of esters is 1. The molecule has 3 atom stereocenters. The van der Waals surface area contributed by atoms with Crippen molar-refractivity contribution in [2.24, 2.45) is 5.92 Å². The Morgan fingerprint density at radius 3 is 2.34 bits per heavy atom. The van der Waals surface area contributed by atoms with Gasteiger partial charge in [0, 0.05) is 13.5 Å². The molecule has 0 radical (unpaired) electrons. The summed E-state index contributed by atoms with van der Waals surface area (Å²) in [6.45, 7) is 2.41. The Labute approximate surface area is 182 Å². The molecule has 1 aromatic rings. The second kappa shape index (κ2) is 9.73. The zero-order valence-electron chi connectivity index (χ0n) is 15.9. The molecule has 29 heavy (non-hydrogen) atoms. The number of rotatable bonds is 7. The third kappa shape index (κ3) is 6.55. The molecule has 0 bridgehead atoms. The Balaban J connectivity index is 2.02. The summed E-state index contributed by atoms with van der Waals surface area (Å²) in [6.07, 6.45) is -2.92. The van der Waals surface area contributed by atoms with Gasteiger partial charge in [-0.2, -0.15) is 0 Å². The summed E-state index contributed by atoms with van der Waals surface area (Å²) in [5.74, 6) is -1.11. The number of hydrogen-bond donors (Lipinski definition) is 0. The maximum atomic E-state index is 12.6. The molecule has 1 heterocycles. The van der Waals surface area contributed by atoms with Crippen molar-refractivity contribution in [3.63, 3.8) is 0 Å². The van der Waals surface area contributed by atoms with E-state index in [1.807, 2.05) is 0 Å². The van der Waals surface area contributed by atoms with Crippen LogP contribution in [-0.4, -0.2) is 52.8 Å². The van der Waals surface area contributed by atoms with E-state index >= 15 is 0 Å². The number of nitrogens with zero attached hydrogens (tertiary/aromatic N) is 1. The Hall–Kier alpha value is -1.90. The van der Waals surface area contributed by atoms with Gasteiger partial charge >= 0.3 is 12.1 Å². The number of amides is 1. The highest BCUT2D eigenvalue weighted by Gasteiger charge is 2.53. The van der Waals surface area contributed by atoms with E-state index in [9.17, 15) is 14.4 Å². The van der Waals surface area contributed by atoms with Gasteiger partial charge in [-0.3, -0.25) is 9.59 Å². The zero-order valence-corrected chi connectivity index (χ0v) is 18.2. The van der Waals surface area contributed by atoms with Crippen LogP contribution in [0.5, 0.6) is 5.75 Å². The minimum atomic E-state index is -1.79. The lowest BCUT2D eigenvalue weighted by molar-refractivity contribution is -0.209. The molecule has 1 fully saturated rings. The number of likely N-dealkylation sites (tertiary alicyclic amines) is 1. The molecule has 0 aromatic heterocycles. The molecule has 0 spiro atoms. The lowest BCUT2D eigenvalue weighted by Gasteiger charge is -2.47. The molecule has 0 aliphatic carbocycles. The molecule has 1 aromatic carbocycles. The smallest absolute Gasteiger partial charge is 0.497 e. The second-order valence-electron chi connectivity index (χ2n) is 6.32. The summed E-state index contributed by atoms with van der Waals surface area (Å²) >= 11 is 16.5. The maximum absolute atomic E-state index is 12.6. The van der Waals surface area contributed by atoms with Gasteiger partial charge in [0.2, 0.25) is 9.70 Å². The van der Waals surface area contributed by atoms with Crippen LogP contribution in [0.4, 0.5) is 4.79 Å². The summed E-state index contributed by atoms with van der Waals surface area (Å²) < 4.78 is 18.3. The van der Waals surface area contributed by atoms with Crippen molar-refractivity contribution < 1.29 is 33.3 Å². The highest BCUT2D eigenvalue weighted by Crippen LogP contribution is 2.34. The number of carbonyl (C=O) groups excluding carboxylic acids is 3. The fourth-order valence-corrected chi connectivity index (χ4v) is 2.95. The van der Waals surface area contributed by atoms with Crippen LogP contribution in [0.1, 0.15) is 19.4 Å². The first kappa shape index (κ1) is 23.4. The Morgan fingerprint density at radius 1 is 1.21 bits per heavy atom. The molecule has 2 unspecified atom stereocenters. The van der Waals surface area contributed by atoms with Crippen LogP contribution >= 0.6 is 34.8 Å². The molecule has 11 heteroatoms. The van der Waals surface area contributed by atoms with Gasteiger partial charge in [0.25, 0.3) is 0 Å². The van der Waals surface area contributed by atoms with Crippen molar-refractivity contribution in [1.82, 2.24) is 4.90 Å². The molecule has 8 nitrogen and oxygen atoms in total. The third-order valence-electron chi connectivity index (χ3n) is 4.12. The SMILES string of the molecule is COc1ccc(CN2C(=O)C([C@@H](C)OC(=O)OCC(Cl)(Cl)Cl)C2OC(C)=O)cc1. The number of hydrogen-bond acceptors (Lipinski definition) is 7. The highest BCUT2D eigenvalue weighted by molar-refractivity contribution is 6.67. The summed E-state index contributed by atoms with van der Waals surface area (Å²) in [4.78, 5) is 37.2. The summed E-state index contributed by atoms with van der Waals surface area (Å²) in [5, 5.41) is 0. The quantitative estimate of drug-likeness (QED) is 0.344. The van der Waals surface area contributed by atoms with Crippen LogP contribution in [0.3, 0.4) is 0 Å². The third-order valence-corrected chi connectivity index (χ3v) is 4.45. The number of halogens is 3. The number of carbonyl (C=O) groups is 3. The first-order valence-corrected chi connectivity index (χ1v) is 9.66. The lowest BCUT2D eigenvalue weighted by Crippen LogP contribution is -2.65. The van der Waals surface area contributed by atoms with Crippen molar-refractivity contribution in [3.8, 4) is 5.75 Å². The minimum absolute atomic E-state index is 0.210. The molecular formula is C18H20Cl3NO7. The molecule has 1 amide bonds. The summed E-state index contributed by atoms with van der Waals surface area (Å²) in [5.41, 5.74) is 0.811. The van der Waals surface area contributed by atoms with Crippen molar-refractivity contribution in [2.75, 3.05) is 13.7 Å². The molecule has 160 valence electrons. The normalized spacial score (nSPS) is 19.8. The van der Waals surface area contributed by atoms with Gasteiger partial charge in [0.1, 0.15) is 24.4 Å². The van der Waals surface area contributed by atoms with Gasteiger partial charge < -0.3 is 23.8 Å². The monoisotopic (exact) mass is 467 g/mol. The first-order valence-electron chi connectivity index (χ1n) is 8.52. The van der Waals surface area contributed by atoms with E-state index in [1.165, 1.54) is 18.7 Å². The van der Waals surface area contributed by atoms with E-state index in [1.54, 1.807) is 31.4 Å². The standard InChI is InChI=1S/C18H20Cl3NO7/c1-10(28-17(25)27-9-18(19,20)21)14-15(24)22(16(14)29-11(2)23)8-12-4-6-13(26-3)7-5-12/h4-7,10,14,16H,8-9H2,1-3H3/t10-,14?,16?/m1/s1. The number of ether oxygens (including phenoxy) is 4. The average Bonchev–Trinajstić information content (AvgIpc) is 2.63. The predicted molar refractivity (Wildman–Crippen MR) is 105 cm³/mol. The fraction of sp³-hybridized carbons (Fsp3) is 0.500. The van der Waals surface area contributed by atoms with Gasteiger partial charge in [-0.1, -0.05) is 46.9 Å². The lowest BCUT2D eigenvalue weighted by atomic mass is 9.89. The number of alkyl halides is 3. The van der Waals surface area contributed by atoms with Crippen LogP contribution < -0.4 is 4.74 Å². The largest absolute Gasteiger partial charge is 0.508 e. The van der Waals surface area contributed by atoms with Crippen LogP contribution in [0.2, 0.25) is 0 Å². The van der Waals surface area contributed by atoms with E-state index in [-0.39, 0.29) is 12.5 Å². The molecule has 0 N–H and O–H groups in total. The highest BCUT2D eigenvalue weighted by atomic mass is 35.6. The van der Waals surface area contributed by atoms with E-state index in [2.05, 4.69) is 0 Å². The van der Waals surface area contributed by atoms with Gasteiger partial charge in [-0.15, -0.1) is 0 Å². The molecule has 2 rings (SSSR count). The van der Waals surface area contributed by atoms with Crippen LogP contribution in [0.15, 0.2) is 24.3 Å². The maximum Gasteiger partial charge on any atom is 0.508 e. The Bertz CT molecular complexity index is 751. The Kier molecular flexibility index (Phi) is 7.85. The minimum Gasteiger partial charge on any atom is -0.497 e. The van der Waals surface area contributed by atoms with Crippen LogP contribution in [-0.2, 0) is 30.3 Å². The number of methoxy groups -OCH3 is 1. The van der Waals surface area contributed by atoms with E-state index in [0.29, 0.717) is 5.75 Å². The molecule has 1 saturated heterocycles. The number of β-lactam (4-membered cyclic amide) rings is 1. The first-order chi connectivity index (χ1) is 13.5. The topological polar surface area (TPSA) is 91.4 Å². The van der Waals surface area contributed by atoms with Crippen LogP contribution in [0, 0.1) is 5.92 Å². The molecule has 0 saturated carbocycles. The number of benzene rings is 1. The molecular weight excluding hydrogens is 449 g/mol. The average molecular weight is 469 g/mol. The second-order valence-corrected chi connectivity index (χ2v) is 8.83. The van der Waals surface area contributed by atoms with Crippen molar-refractivity contribution in [3.05, 3.63) is 29.8 Å². The summed E-state index contributed by atoms with van der Waals surface area (Å²) in [6, 6.07) is 7.09. The fourth-order valence-electron chi connectivity index (χ4n) is 2.79. The summed E-state index contributed by atoms with van der Waals surface area (Å²) in [7, 11) is 1.55. The zero-order chi connectivity index (χ0) is 21.8. The van der Waals surface area contributed by atoms with Gasteiger partial charge in [-0.25, -0.2) is 4.79 Å². The van der Waals surface area contributed by atoms with Gasteiger partial charge in [0.15, 0.2) is 6.23 Å². The van der Waals surface area contributed by atoms with E-state index in [4.69, 9.17) is 53.8 Å². The van der Waals surface area contributed by atoms with Crippen molar-refractivity contribution in [2.45, 2.75) is 36.5 Å².